The summed E-state index contributed by atoms with van der Waals surface area (Å²) in [5.41, 5.74) is -0.249. The molecule has 1 heterocycles. The first-order chi connectivity index (χ1) is 9.75. The third kappa shape index (κ3) is 2.05. The SMILES string of the molecule is CC12CCC(C1)C(C)(C)C2NC(=O)c1ccnc(F)c1F. The van der Waals surface area contributed by atoms with Crippen LogP contribution in [-0.4, -0.2) is 16.9 Å². The van der Waals surface area contributed by atoms with Gasteiger partial charge in [0.1, 0.15) is 0 Å². The van der Waals surface area contributed by atoms with Crippen molar-refractivity contribution in [3.8, 4) is 0 Å². The third-order valence-electron chi connectivity index (χ3n) is 5.64. The lowest BCUT2D eigenvalue weighted by Crippen LogP contribution is -2.52. The van der Waals surface area contributed by atoms with E-state index in [9.17, 15) is 13.6 Å². The predicted octanol–water partition coefficient (Wildman–Crippen LogP) is 3.30. The summed E-state index contributed by atoms with van der Waals surface area (Å²) < 4.78 is 26.9. The molecule has 5 heteroatoms. The quantitative estimate of drug-likeness (QED) is 0.850. The van der Waals surface area contributed by atoms with Gasteiger partial charge in [-0.25, -0.2) is 9.37 Å². The van der Waals surface area contributed by atoms with Crippen LogP contribution in [-0.2, 0) is 0 Å². The van der Waals surface area contributed by atoms with Crippen molar-refractivity contribution in [3.05, 3.63) is 29.6 Å². The molecule has 2 aliphatic rings. The van der Waals surface area contributed by atoms with Crippen LogP contribution in [0, 0.1) is 28.5 Å². The lowest BCUT2D eigenvalue weighted by molar-refractivity contribution is 0.0733. The molecule has 0 aromatic carbocycles. The number of carbonyl (C=O) groups excluding carboxylic acids is 1. The predicted molar refractivity (Wildman–Crippen MR) is 74.6 cm³/mol. The standard InChI is InChI=1S/C16H20F2N2O/c1-15(2)9-4-6-16(3,8-9)14(15)20-13(21)10-5-7-19-12(18)11(10)17/h5,7,9,14H,4,6,8H2,1-3H3,(H,20,21). The molecule has 0 saturated heterocycles. The van der Waals surface area contributed by atoms with Gasteiger partial charge in [-0.3, -0.25) is 4.79 Å². The molecule has 2 bridgehead atoms. The van der Waals surface area contributed by atoms with E-state index in [4.69, 9.17) is 0 Å². The number of aromatic nitrogens is 1. The van der Waals surface area contributed by atoms with Gasteiger partial charge in [0.15, 0.2) is 5.82 Å². The summed E-state index contributed by atoms with van der Waals surface area (Å²) in [5.74, 6) is -2.39. The normalized spacial score (nSPS) is 33.2. The van der Waals surface area contributed by atoms with E-state index in [1.165, 1.54) is 12.5 Å². The Morgan fingerprint density at radius 2 is 2.10 bits per heavy atom. The maximum atomic E-state index is 13.7. The van der Waals surface area contributed by atoms with Crippen LogP contribution in [0.1, 0.15) is 50.4 Å². The highest BCUT2D eigenvalue weighted by molar-refractivity contribution is 5.94. The zero-order valence-electron chi connectivity index (χ0n) is 12.5. The van der Waals surface area contributed by atoms with Crippen molar-refractivity contribution in [1.29, 1.82) is 0 Å². The van der Waals surface area contributed by atoms with Crippen LogP contribution in [0.3, 0.4) is 0 Å². The van der Waals surface area contributed by atoms with Gasteiger partial charge in [-0.1, -0.05) is 20.8 Å². The van der Waals surface area contributed by atoms with Crippen molar-refractivity contribution < 1.29 is 13.6 Å². The van der Waals surface area contributed by atoms with E-state index in [0.717, 1.165) is 19.0 Å². The lowest BCUT2D eigenvalue weighted by atomic mass is 9.68. The maximum absolute atomic E-state index is 13.7. The van der Waals surface area contributed by atoms with Gasteiger partial charge in [0, 0.05) is 12.2 Å². The van der Waals surface area contributed by atoms with Gasteiger partial charge in [-0.05, 0) is 42.1 Å². The number of nitrogens with zero attached hydrogens (tertiary/aromatic N) is 1. The molecule has 2 fully saturated rings. The molecule has 3 rings (SSSR count). The molecule has 2 saturated carbocycles. The van der Waals surface area contributed by atoms with E-state index in [1.807, 2.05) is 0 Å². The first-order valence-electron chi connectivity index (χ1n) is 7.36. The summed E-state index contributed by atoms with van der Waals surface area (Å²) in [6.07, 6.45) is 4.44. The van der Waals surface area contributed by atoms with E-state index >= 15 is 0 Å². The zero-order valence-corrected chi connectivity index (χ0v) is 12.5. The molecule has 0 aliphatic heterocycles. The second kappa shape index (κ2) is 4.49. The fourth-order valence-electron chi connectivity index (χ4n) is 4.46. The van der Waals surface area contributed by atoms with Gasteiger partial charge in [-0.15, -0.1) is 0 Å². The molecule has 3 atom stereocenters. The molecular formula is C16H20F2N2O. The van der Waals surface area contributed by atoms with Crippen molar-refractivity contribution in [2.24, 2.45) is 16.7 Å². The Morgan fingerprint density at radius 1 is 1.38 bits per heavy atom. The monoisotopic (exact) mass is 294 g/mol. The number of carbonyl (C=O) groups is 1. The Labute approximate surface area is 123 Å². The number of nitrogens with one attached hydrogen (secondary N) is 1. The van der Waals surface area contributed by atoms with Gasteiger partial charge in [0.05, 0.1) is 5.56 Å². The van der Waals surface area contributed by atoms with Crippen molar-refractivity contribution in [2.45, 2.75) is 46.1 Å². The molecule has 1 aromatic heterocycles. The highest BCUT2D eigenvalue weighted by atomic mass is 19.2. The second-order valence-corrected chi connectivity index (χ2v) is 7.28. The Morgan fingerprint density at radius 3 is 2.71 bits per heavy atom. The highest BCUT2D eigenvalue weighted by Crippen LogP contribution is 2.62. The first kappa shape index (κ1) is 14.4. The molecule has 1 amide bonds. The summed E-state index contributed by atoms with van der Waals surface area (Å²) in [7, 11) is 0. The summed E-state index contributed by atoms with van der Waals surface area (Å²) in [4.78, 5) is 15.5. The summed E-state index contributed by atoms with van der Waals surface area (Å²) in [5, 5.41) is 2.95. The smallest absolute Gasteiger partial charge is 0.254 e. The van der Waals surface area contributed by atoms with Crippen LogP contribution in [0.15, 0.2) is 12.3 Å². The fraction of sp³-hybridized carbons (Fsp3) is 0.625. The number of hydrogen-bond acceptors (Lipinski definition) is 2. The third-order valence-corrected chi connectivity index (χ3v) is 5.64. The van der Waals surface area contributed by atoms with E-state index in [-0.39, 0.29) is 22.4 Å². The Bertz CT molecular complexity index is 597. The van der Waals surface area contributed by atoms with Crippen molar-refractivity contribution in [3.63, 3.8) is 0 Å². The van der Waals surface area contributed by atoms with Crippen LogP contribution < -0.4 is 5.32 Å². The number of pyridine rings is 1. The van der Waals surface area contributed by atoms with Crippen LogP contribution >= 0.6 is 0 Å². The Balaban J connectivity index is 1.87. The topological polar surface area (TPSA) is 42.0 Å². The summed E-state index contributed by atoms with van der Waals surface area (Å²) in [6, 6.07) is 1.20. The van der Waals surface area contributed by atoms with Gasteiger partial charge >= 0.3 is 0 Å². The van der Waals surface area contributed by atoms with Gasteiger partial charge < -0.3 is 5.32 Å². The number of halogens is 2. The summed E-state index contributed by atoms with van der Waals surface area (Å²) in [6.45, 7) is 6.48. The van der Waals surface area contributed by atoms with Crippen LogP contribution in [0.25, 0.3) is 0 Å². The number of rotatable bonds is 2. The fourth-order valence-corrected chi connectivity index (χ4v) is 4.46. The molecule has 3 unspecified atom stereocenters. The van der Waals surface area contributed by atoms with Crippen molar-refractivity contribution in [2.75, 3.05) is 0 Å². The number of fused-ring (bicyclic) bond motifs is 2. The van der Waals surface area contributed by atoms with E-state index in [2.05, 4.69) is 31.1 Å². The molecule has 1 N–H and O–H groups in total. The molecular weight excluding hydrogens is 274 g/mol. The zero-order chi connectivity index (χ0) is 15.4. The minimum absolute atomic E-state index is 0.0214. The van der Waals surface area contributed by atoms with E-state index in [0.29, 0.717) is 5.92 Å². The molecule has 3 nitrogen and oxygen atoms in total. The average molecular weight is 294 g/mol. The van der Waals surface area contributed by atoms with Gasteiger partial charge in [0.25, 0.3) is 5.91 Å². The minimum atomic E-state index is -1.24. The Kier molecular flexibility index (Phi) is 3.08. The van der Waals surface area contributed by atoms with Crippen molar-refractivity contribution in [1.82, 2.24) is 10.3 Å². The van der Waals surface area contributed by atoms with Gasteiger partial charge in [-0.2, -0.15) is 4.39 Å². The van der Waals surface area contributed by atoms with E-state index < -0.39 is 17.7 Å². The number of amides is 1. The summed E-state index contributed by atoms with van der Waals surface area (Å²) >= 11 is 0. The molecule has 114 valence electrons. The van der Waals surface area contributed by atoms with Crippen LogP contribution in [0.5, 0.6) is 0 Å². The van der Waals surface area contributed by atoms with E-state index in [1.54, 1.807) is 0 Å². The van der Waals surface area contributed by atoms with Gasteiger partial charge in [0.2, 0.25) is 5.95 Å². The molecule has 0 radical (unpaired) electrons. The minimum Gasteiger partial charge on any atom is -0.348 e. The number of hydrogen-bond donors (Lipinski definition) is 1. The molecule has 0 spiro atoms. The molecule has 2 aliphatic carbocycles. The Hall–Kier alpha value is -1.52. The average Bonchev–Trinajstić information content (AvgIpc) is 2.89. The first-order valence-corrected chi connectivity index (χ1v) is 7.36. The second-order valence-electron chi connectivity index (χ2n) is 7.28. The van der Waals surface area contributed by atoms with Crippen LogP contribution in [0.4, 0.5) is 8.78 Å². The van der Waals surface area contributed by atoms with Crippen molar-refractivity contribution >= 4 is 5.91 Å². The highest BCUT2D eigenvalue weighted by Gasteiger charge is 2.59. The lowest BCUT2D eigenvalue weighted by Gasteiger charge is -2.43. The van der Waals surface area contributed by atoms with Crippen LogP contribution in [0.2, 0.25) is 0 Å². The largest absolute Gasteiger partial charge is 0.348 e. The maximum Gasteiger partial charge on any atom is 0.254 e. The molecule has 21 heavy (non-hydrogen) atoms. The molecule has 1 aromatic rings.